The molecule has 2 fully saturated rings. The van der Waals surface area contributed by atoms with Gasteiger partial charge in [-0.3, -0.25) is 14.5 Å². The minimum absolute atomic E-state index is 0.00350. The number of hydrogen-bond acceptors (Lipinski definition) is 9. The summed E-state index contributed by atoms with van der Waals surface area (Å²) in [5, 5.41) is 15.7. The number of halogens is 1. The Labute approximate surface area is 358 Å². The number of nitrogens with zero attached hydrogens (tertiary/aromatic N) is 3. The summed E-state index contributed by atoms with van der Waals surface area (Å²) < 4.78 is 31.8. The van der Waals surface area contributed by atoms with Crippen LogP contribution >= 0.6 is 0 Å². The summed E-state index contributed by atoms with van der Waals surface area (Å²) in [4.78, 5) is 86.0. The molecule has 3 aromatic carbocycles. The number of hydrogen-bond donors (Lipinski definition) is 3. The van der Waals surface area contributed by atoms with Crippen LogP contribution in [-0.2, 0) is 41.7 Å². The molecule has 62 heavy (non-hydrogen) atoms. The number of fused-ring (bicyclic) bond motifs is 6. The molecule has 2 aliphatic carbocycles. The van der Waals surface area contributed by atoms with Crippen molar-refractivity contribution in [2.45, 2.75) is 94.8 Å². The highest BCUT2D eigenvalue weighted by atomic mass is 19.1. The van der Waals surface area contributed by atoms with Gasteiger partial charge in [0, 0.05) is 43.5 Å². The molecule has 1 saturated heterocycles. The lowest BCUT2D eigenvalue weighted by Gasteiger charge is -2.30. The fourth-order valence-corrected chi connectivity index (χ4v) is 9.06. The Morgan fingerprint density at radius 1 is 0.935 bits per heavy atom. The Hall–Kier alpha value is -6.45. The first-order chi connectivity index (χ1) is 29.6. The van der Waals surface area contributed by atoms with Crippen molar-refractivity contribution >= 4 is 36.1 Å². The van der Waals surface area contributed by atoms with Crippen molar-refractivity contribution < 1.29 is 52.5 Å². The highest BCUT2D eigenvalue weighted by Gasteiger charge is 2.61. The van der Waals surface area contributed by atoms with Crippen LogP contribution in [0.15, 0.2) is 78.9 Å². The first-order valence-corrected chi connectivity index (χ1v) is 21.0. The summed E-state index contributed by atoms with van der Waals surface area (Å²) >= 11 is 0. The number of carboxylic acid groups (broad SMARTS) is 1. The molecular weight excluding hydrogens is 802 g/mol. The van der Waals surface area contributed by atoms with Crippen LogP contribution in [0, 0.1) is 11.7 Å². The maximum atomic E-state index is 14.6. The summed E-state index contributed by atoms with van der Waals surface area (Å²) in [6.07, 6.45) is 0.140. The number of aliphatic carboxylic acids is 1. The number of amides is 5. The standard InChI is InChI=1S/C46H50FN5O10/c1-45(2,3)62-42(57)48-37-18-10-20-50(43(58)60-26-35-32-15-6-4-13-30(32)31-14-5-7-16-33(31)35)19-9-12-28-22-46(28,41(55)56)49-39(53)38-21-29(24-52(38)40(37)54)61-44(59)51-23-27-11-8-17-36(47)34(27)25-51/h4-9,11-17,28-29,35,37-38H,10,18-26H2,1-3H3,(H,48,57)(H,49,53)(H,55,56)/b12-9-/t28?,29-,37+,38?,46-/m1/s1. The Morgan fingerprint density at radius 2 is 1.65 bits per heavy atom. The van der Waals surface area contributed by atoms with Crippen molar-refractivity contribution in [1.82, 2.24) is 25.3 Å². The Morgan fingerprint density at radius 3 is 2.32 bits per heavy atom. The lowest BCUT2D eigenvalue weighted by atomic mass is 9.98. The highest BCUT2D eigenvalue weighted by Crippen LogP contribution is 2.46. The molecule has 0 radical (unpaired) electrons. The normalized spacial score (nSPS) is 25.1. The SMILES string of the molecule is CC(C)(C)OC(=O)N[C@H]1CCCN(C(=O)OCC2c3ccccc3-c3ccccc32)C/C=C\C2C[C@@]2(C(=O)O)NC(=O)C2C[C@@H](OC(=O)N3Cc4cccc(F)c4C3)CN2C1=O. The topological polar surface area (TPSA) is 184 Å². The fraction of sp³-hybridized carbons (Fsp3) is 0.435. The molecule has 3 heterocycles. The lowest BCUT2D eigenvalue weighted by molar-refractivity contribution is -0.145. The van der Waals surface area contributed by atoms with Gasteiger partial charge in [-0.2, -0.15) is 0 Å². The molecule has 3 aliphatic heterocycles. The van der Waals surface area contributed by atoms with E-state index in [2.05, 4.69) is 10.6 Å². The van der Waals surface area contributed by atoms with E-state index < -0.39 is 77.1 Å². The monoisotopic (exact) mass is 851 g/mol. The largest absolute Gasteiger partial charge is 0.479 e. The predicted octanol–water partition coefficient (Wildman–Crippen LogP) is 5.70. The second-order valence-electron chi connectivity index (χ2n) is 17.6. The number of carbonyl (C=O) groups excluding carboxylic acids is 5. The molecule has 3 aromatic rings. The third-order valence-electron chi connectivity index (χ3n) is 12.2. The molecule has 5 amide bonds. The first-order valence-electron chi connectivity index (χ1n) is 21.0. The number of carbonyl (C=O) groups is 6. The second kappa shape index (κ2) is 16.8. The number of rotatable bonds is 5. The van der Waals surface area contributed by atoms with Gasteiger partial charge < -0.3 is 39.8 Å². The maximum Gasteiger partial charge on any atom is 0.410 e. The van der Waals surface area contributed by atoms with Gasteiger partial charge in [-0.25, -0.2) is 23.6 Å². The van der Waals surface area contributed by atoms with Gasteiger partial charge in [0.25, 0.3) is 0 Å². The van der Waals surface area contributed by atoms with Crippen molar-refractivity contribution in [1.29, 1.82) is 0 Å². The van der Waals surface area contributed by atoms with Gasteiger partial charge >= 0.3 is 24.2 Å². The van der Waals surface area contributed by atoms with Gasteiger partial charge in [-0.15, -0.1) is 0 Å². The number of benzene rings is 3. The van der Waals surface area contributed by atoms with Crippen LogP contribution in [0.25, 0.3) is 11.1 Å². The summed E-state index contributed by atoms with van der Waals surface area (Å²) in [7, 11) is 0. The lowest BCUT2D eigenvalue weighted by Crippen LogP contribution is -2.56. The van der Waals surface area contributed by atoms with E-state index in [-0.39, 0.29) is 70.9 Å². The van der Waals surface area contributed by atoms with E-state index in [1.807, 2.05) is 48.5 Å². The summed E-state index contributed by atoms with van der Waals surface area (Å²) in [5.74, 6) is -4.00. The minimum Gasteiger partial charge on any atom is -0.479 e. The third-order valence-corrected chi connectivity index (χ3v) is 12.2. The van der Waals surface area contributed by atoms with E-state index >= 15 is 0 Å². The van der Waals surface area contributed by atoms with Crippen molar-refractivity contribution in [3.8, 4) is 11.1 Å². The molecule has 3 N–H and O–H groups in total. The molecule has 2 unspecified atom stereocenters. The van der Waals surface area contributed by atoms with Crippen molar-refractivity contribution in [3.05, 3.63) is 107 Å². The average molecular weight is 852 g/mol. The van der Waals surface area contributed by atoms with Crippen LogP contribution in [0.3, 0.4) is 0 Å². The molecule has 1 saturated carbocycles. The number of alkyl carbamates (subject to hydrolysis) is 1. The van der Waals surface area contributed by atoms with Crippen molar-refractivity contribution in [2.24, 2.45) is 5.92 Å². The van der Waals surface area contributed by atoms with Crippen LogP contribution in [0.2, 0.25) is 0 Å². The second-order valence-corrected chi connectivity index (χ2v) is 17.6. The highest BCUT2D eigenvalue weighted by molar-refractivity contribution is 5.96. The van der Waals surface area contributed by atoms with Crippen molar-refractivity contribution in [3.63, 3.8) is 0 Å². The smallest absolute Gasteiger partial charge is 0.410 e. The van der Waals surface area contributed by atoms with Crippen LogP contribution in [0.4, 0.5) is 18.8 Å². The molecule has 326 valence electrons. The third kappa shape index (κ3) is 8.55. The Bertz CT molecular complexity index is 2280. The van der Waals surface area contributed by atoms with Crippen LogP contribution in [0.1, 0.15) is 74.6 Å². The first kappa shape index (κ1) is 42.2. The fourth-order valence-electron chi connectivity index (χ4n) is 9.06. The predicted molar refractivity (Wildman–Crippen MR) is 221 cm³/mol. The minimum atomic E-state index is -1.69. The molecule has 0 aromatic heterocycles. The van der Waals surface area contributed by atoms with E-state index in [1.165, 1.54) is 20.8 Å². The maximum absolute atomic E-state index is 14.6. The van der Waals surface area contributed by atoms with E-state index in [1.54, 1.807) is 45.1 Å². The van der Waals surface area contributed by atoms with Crippen LogP contribution in [-0.4, -0.2) is 111 Å². The van der Waals surface area contributed by atoms with Gasteiger partial charge in [-0.1, -0.05) is 72.8 Å². The molecule has 15 nitrogen and oxygen atoms in total. The molecule has 5 atom stereocenters. The summed E-state index contributed by atoms with van der Waals surface area (Å²) in [6, 6.07) is 18.0. The van der Waals surface area contributed by atoms with Crippen molar-refractivity contribution in [2.75, 3.05) is 26.2 Å². The number of nitrogens with one attached hydrogen (secondary N) is 2. The van der Waals surface area contributed by atoms with Gasteiger partial charge in [-0.05, 0) is 73.9 Å². The zero-order valence-corrected chi connectivity index (χ0v) is 34.8. The van der Waals surface area contributed by atoms with Gasteiger partial charge in [0.1, 0.15) is 41.8 Å². The zero-order valence-electron chi connectivity index (χ0n) is 34.8. The molecular formula is C46H50FN5O10. The number of carboxylic acids is 1. The van der Waals surface area contributed by atoms with Gasteiger partial charge in [0.2, 0.25) is 11.8 Å². The molecule has 16 heteroatoms. The van der Waals surface area contributed by atoms with Crippen LogP contribution in [0.5, 0.6) is 0 Å². The quantitative estimate of drug-likeness (QED) is 0.213. The van der Waals surface area contributed by atoms with E-state index in [4.69, 9.17) is 14.2 Å². The number of ether oxygens (including phenoxy) is 3. The van der Waals surface area contributed by atoms with Gasteiger partial charge in [0.05, 0.1) is 13.1 Å². The Balaban J connectivity index is 1.03. The molecule has 5 aliphatic rings. The van der Waals surface area contributed by atoms with Gasteiger partial charge in [0.15, 0.2) is 0 Å². The summed E-state index contributed by atoms with van der Waals surface area (Å²) in [6.45, 7) is 5.04. The average Bonchev–Trinajstić information content (AvgIpc) is 3.51. The van der Waals surface area contributed by atoms with E-state index in [9.17, 15) is 38.3 Å². The molecule has 0 bridgehead atoms. The van der Waals surface area contributed by atoms with E-state index in [0.29, 0.717) is 11.1 Å². The Kier molecular flexibility index (Phi) is 11.4. The summed E-state index contributed by atoms with van der Waals surface area (Å²) in [5.41, 5.74) is 2.64. The van der Waals surface area contributed by atoms with Crippen LogP contribution < -0.4 is 10.6 Å². The molecule has 8 rings (SSSR count). The van der Waals surface area contributed by atoms with E-state index in [0.717, 1.165) is 22.3 Å². The molecule has 0 spiro atoms. The zero-order chi connectivity index (χ0) is 43.9.